The first-order valence-corrected chi connectivity index (χ1v) is 17.8. The van der Waals surface area contributed by atoms with Gasteiger partial charge in [0.15, 0.2) is 0 Å². The zero-order chi connectivity index (χ0) is 19.4. The molecule has 8 saturated carbocycles. The van der Waals surface area contributed by atoms with Gasteiger partial charge in [-0.3, -0.25) is 0 Å². The molecule has 8 aliphatic carbocycles. The quantitative estimate of drug-likeness (QED) is 0.322. The number of rotatable bonds is 0. The van der Waals surface area contributed by atoms with Crippen LogP contribution in [0.15, 0.2) is 0 Å². The van der Waals surface area contributed by atoms with E-state index in [2.05, 4.69) is 27.7 Å². The van der Waals surface area contributed by atoms with E-state index in [-0.39, 0.29) is 0 Å². The van der Waals surface area contributed by atoms with Gasteiger partial charge in [-0.05, 0) is 103 Å². The summed E-state index contributed by atoms with van der Waals surface area (Å²) in [6.45, 7) is 9.99. The second-order valence-electron chi connectivity index (χ2n) is 11.5. The molecule has 27 heavy (non-hydrogen) atoms. The molecule has 0 aromatic carbocycles. The monoisotopic (exact) mass is 486 g/mol. The van der Waals surface area contributed by atoms with Crippen LogP contribution in [0.5, 0.6) is 0 Å². The molecular formula is C24H38Cl2Zr. The summed E-state index contributed by atoms with van der Waals surface area (Å²) in [5, 5.41) is 0. The first-order valence-electron chi connectivity index (χ1n) is 11.5. The summed E-state index contributed by atoms with van der Waals surface area (Å²) in [4.78, 5) is 0. The van der Waals surface area contributed by atoms with Crippen molar-refractivity contribution in [2.45, 2.75) is 91.9 Å². The fraction of sp³-hybridized carbons (Fsp3) is 0.917. The van der Waals surface area contributed by atoms with Crippen LogP contribution in [0.2, 0.25) is 0 Å². The van der Waals surface area contributed by atoms with Gasteiger partial charge in [-0.25, -0.2) is 0 Å². The standard InChI is InChI=1S/C12H20.C12H18.2ClH.Zr/c2*1-12(2)9-6-8-4-3-5-10(8)11(12)7-9;;;/h8-11H,3-7H2,1-2H3;9,11H,3-7H2,1-2H3;2*1H;/q;;;;+2/p-2. The minimum absolute atomic E-state index is 0.670. The van der Waals surface area contributed by atoms with Gasteiger partial charge in [0.05, 0.1) is 0 Å². The first kappa shape index (κ1) is 21.7. The average Bonchev–Trinajstić information content (AvgIpc) is 3.30. The molecule has 6 unspecified atom stereocenters. The van der Waals surface area contributed by atoms with Crippen LogP contribution in [0.3, 0.4) is 0 Å². The zero-order valence-corrected chi connectivity index (χ0v) is 21.8. The van der Waals surface area contributed by atoms with Gasteiger partial charge in [0.2, 0.25) is 0 Å². The molecule has 0 amide bonds. The van der Waals surface area contributed by atoms with Crippen LogP contribution in [0, 0.1) is 58.2 Å². The van der Waals surface area contributed by atoms with Gasteiger partial charge < -0.3 is 0 Å². The summed E-state index contributed by atoms with van der Waals surface area (Å²) in [6, 6.07) is 0. The molecule has 0 aromatic heterocycles. The van der Waals surface area contributed by atoms with Crippen molar-refractivity contribution in [2.24, 2.45) is 46.3 Å². The summed E-state index contributed by atoms with van der Waals surface area (Å²) in [6.07, 6.45) is 15.1. The van der Waals surface area contributed by atoms with Crippen LogP contribution in [0.25, 0.3) is 0 Å². The topological polar surface area (TPSA) is 0 Å². The molecule has 0 N–H and O–H groups in total. The van der Waals surface area contributed by atoms with E-state index in [0.717, 1.165) is 40.9 Å². The minimum atomic E-state index is -0.826. The Bertz CT molecular complexity index is 484. The number of halogens is 2. The Labute approximate surface area is 187 Å². The van der Waals surface area contributed by atoms with Crippen molar-refractivity contribution in [3.8, 4) is 0 Å². The molecule has 0 heterocycles. The van der Waals surface area contributed by atoms with Crippen LogP contribution in [-0.4, -0.2) is 0 Å². The Hall–Kier alpha value is 1.46. The molecule has 6 atom stereocenters. The van der Waals surface area contributed by atoms with E-state index in [1.807, 2.05) is 11.8 Å². The van der Waals surface area contributed by atoms with Gasteiger partial charge >= 0.3 is 37.9 Å². The summed E-state index contributed by atoms with van der Waals surface area (Å²) in [5.74, 6) is 10.3. The Morgan fingerprint density at radius 2 is 1.59 bits per heavy atom. The first-order chi connectivity index (χ1) is 12.8. The molecular weight excluding hydrogens is 450 g/mol. The molecule has 152 valence electrons. The van der Waals surface area contributed by atoms with E-state index in [1.165, 1.54) is 38.5 Å². The molecule has 0 spiro atoms. The van der Waals surface area contributed by atoms with E-state index in [4.69, 9.17) is 17.0 Å². The normalized spacial score (nSPS) is 45.0. The second kappa shape index (κ2) is 8.19. The molecule has 0 aliphatic heterocycles. The van der Waals surface area contributed by atoms with Crippen molar-refractivity contribution in [2.75, 3.05) is 0 Å². The van der Waals surface area contributed by atoms with Crippen molar-refractivity contribution < 1.29 is 20.8 Å². The molecule has 0 saturated heterocycles. The van der Waals surface area contributed by atoms with E-state index in [9.17, 15) is 0 Å². The molecule has 2 radical (unpaired) electrons. The van der Waals surface area contributed by atoms with Gasteiger partial charge in [0, 0.05) is 0 Å². The third-order valence-electron chi connectivity index (χ3n) is 10.1. The SMILES string of the molecule is CC1(C)C2CC3CCCC3C1C2.CC1(C)C2C[C]3CCC[C]3C1C2.[Cl][Zr][Cl]. The van der Waals surface area contributed by atoms with Crippen molar-refractivity contribution in [3.05, 3.63) is 11.8 Å². The van der Waals surface area contributed by atoms with Crippen molar-refractivity contribution >= 4 is 17.0 Å². The Morgan fingerprint density at radius 1 is 0.852 bits per heavy atom. The van der Waals surface area contributed by atoms with Gasteiger partial charge in [-0.1, -0.05) is 47.0 Å². The van der Waals surface area contributed by atoms with Crippen LogP contribution < -0.4 is 0 Å². The van der Waals surface area contributed by atoms with Crippen molar-refractivity contribution in [3.63, 3.8) is 0 Å². The molecule has 0 aromatic rings. The van der Waals surface area contributed by atoms with E-state index >= 15 is 0 Å². The van der Waals surface area contributed by atoms with E-state index in [1.54, 1.807) is 25.7 Å². The summed E-state index contributed by atoms with van der Waals surface area (Å²) >= 11 is -0.826. The zero-order valence-electron chi connectivity index (χ0n) is 17.8. The van der Waals surface area contributed by atoms with Crippen LogP contribution in [0.1, 0.15) is 91.9 Å². The Kier molecular flexibility index (Phi) is 6.58. The summed E-state index contributed by atoms with van der Waals surface area (Å²) in [5.41, 5.74) is 1.40. The Morgan fingerprint density at radius 3 is 2.26 bits per heavy atom. The third-order valence-corrected chi connectivity index (χ3v) is 10.1. The van der Waals surface area contributed by atoms with Crippen molar-refractivity contribution in [1.29, 1.82) is 0 Å². The predicted octanol–water partition coefficient (Wildman–Crippen LogP) is 8.23. The Balaban J connectivity index is 0.000000117. The van der Waals surface area contributed by atoms with Gasteiger partial charge in [-0.2, -0.15) is 0 Å². The fourth-order valence-electron chi connectivity index (χ4n) is 8.17. The van der Waals surface area contributed by atoms with Gasteiger partial charge in [0.25, 0.3) is 0 Å². The van der Waals surface area contributed by atoms with Crippen LogP contribution in [-0.2, 0) is 20.8 Å². The maximum atomic E-state index is 4.93. The van der Waals surface area contributed by atoms with Gasteiger partial charge in [0.1, 0.15) is 0 Å². The van der Waals surface area contributed by atoms with Gasteiger partial charge in [-0.15, -0.1) is 0 Å². The van der Waals surface area contributed by atoms with Crippen LogP contribution in [0.4, 0.5) is 0 Å². The summed E-state index contributed by atoms with van der Waals surface area (Å²) < 4.78 is 0. The van der Waals surface area contributed by atoms with Crippen molar-refractivity contribution in [1.82, 2.24) is 0 Å². The maximum absolute atomic E-state index is 4.93. The summed E-state index contributed by atoms with van der Waals surface area (Å²) in [7, 11) is 9.87. The van der Waals surface area contributed by atoms with Crippen LogP contribution >= 0.6 is 17.0 Å². The molecule has 8 fully saturated rings. The third kappa shape index (κ3) is 3.69. The molecule has 3 heteroatoms. The van der Waals surface area contributed by atoms with E-state index in [0.29, 0.717) is 5.41 Å². The van der Waals surface area contributed by atoms with E-state index < -0.39 is 20.8 Å². The fourth-order valence-corrected chi connectivity index (χ4v) is 8.17. The predicted molar refractivity (Wildman–Crippen MR) is 113 cm³/mol. The molecule has 0 nitrogen and oxygen atoms in total. The number of hydrogen-bond donors (Lipinski definition) is 0. The molecule has 4 bridgehead atoms. The second-order valence-corrected chi connectivity index (χ2v) is 15.2. The molecule has 8 rings (SSSR count). The number of hydrogen-bond acceptors (Lipinski definition) is 0. The average molecular weight is 489 g/mol. The molecule has 8 aliphatic rings.